The molecule has 1 aliphatic heterocycles. The van der Waals surface area contributed by atoms with Crippen molar-refractivity contribution in [1.29, 1.82) is 0 Å². The van der Waals surface area contributed by atoms with Gasteiger partial charge in [0.15, 0.2) is 0 Å². The van der Waals surface area contributed by atoms with Crippen molar-refractivity contribution in [3.63, 3.8) is 0 Å². The summed E-state index contributed by atoms with van der Waals surface area (Å²) in [4.78, 5) is 4.97. The lowest BCUT2D eigenvalue weighted by Gasteiger charge is -2.24. The van der Waals surface area contributed by atoms with Gasteiger partial charge in [0, 0.05) is 26.2 Å². The Bertz CT molecular complexity index is 393. The van der Waals surface area contributed by atoms with Gasteiger partial charge in [-0.3, -0.25) is 4.90 Å². The summed E-state index contributed by atoms with van der Waals surface area (Å²) in [6.45, 7) is 9.44. The van der Waals surface area contributed by atoms with E-state index in [1.165, 1.54) is 12.0 Å². The molecule has 4 heteroatoms. The van der Waals surface area contributed by atoms with Crippen molar-refractivity contribution in [2.75, 3.05) is 39.3 Å². The van der Waals surface area contributed by atoms with Gasteiger partial charge < -0.3 is 10.6 Å². The number of nitrogens with zero attached hydrogens (tertiary/aromatic N) is 2. The van der Waals surface area contributed by atoms with E-state index in [1.807, 2.05) is 12.1 Å². The molecule has 1 aliphatic rings. The first-order valence-electron chi connectivity index (χ1n) is 7.56. The van der Waals surface area contributed by atoms with Crippen LogP contribution in [-0.2, 0) is 6.54 Å². The Morgan fingerprint density at radius 2 is 1.75 bits per heavy atom. The van der Waals surface area contributed by atoms with Crippen molar-refractivity contribution >= 4 is 0 Å². The van der Waals surface area contributed by atoms with E-state index in [0.29, 0.717) is 5.92 Å². The van der Waals surface area contributed by atoms with Crippen LogP contribution >= 0.6 is 0 Å². The van der Waals surface area contributed by atoms with Crippen LogP contribution in [0.1, 0.15) is 18.9 Å². The van der Waals surface area contributed by atoms with Gasteiger partial charge >= 0.3 is 0 Å². The molecule has 1 heterocycles. The summed E-state index contributed by atoms with van der Waals surface area (Å²) in [6.07, 6.45) is 1.19. The SMILES string of the molecule is CC(CN)CN1CCCN(Cc2ccc(F)cc2)CC1. The van der Waals surface area contributed by atoms with Gasteiger partial charge in [0.25, 0.3) is 0 Å². The number of halogens is 1. The Morgan fingerprint density at radius 1 is 1.10 bits per heavy atom. The lowest BCUT2D eigenvalue weighted by molar-refractivity contribution is 0.232. The van der Waals surface area contributed by atoms with Crippen LogP contribution < -0.4 is 5.73 Å². The predicted molar refractivity (Wildman–Crippen MR) is 81.0 cm³/mol. The molecule has 1 aromatic rings. The molecule has 0 saturated carbocycles. The maximum absolute atomic E-state index is 12.9. The summed E-state index contributed by atoms with van der Waals surface area (Å²) < 4.78 is 12.9. The van der Waals surface area contributed by atoms with E-state index in [9.17, 15) is 4.39 Å². The molecular formula is C16H26FN3. The molecule has 2 N–H and O–H groups in total. The number of nitrogens with two attached hydrogens (primary N) is 1. The molecule has 1 atom stereocenters. The Balaban J connectivity index is 1.81. The first kappa shape index (κ1) is 15.4. The molecule has 0 aromatic heterocycles. The maximum atomic E-state index is 12.9. The van der Waals surface area contributed by atoms with Crippen molar-refractivity contribution in [3.8, 4) is 0 Å². The number of hydrogen-bond donors (Lipinski definition) is 1. The molecule has 0 aliphatic carbocycles. The fourth-order valence-electron chi connectivity index (χ4n) is 2.73. The van der Waals surface area contributed by atoms with Crippen LogP contribution in [0.4, 0.5) is 4.39 Å². The Hall–Kier alpha value is -0.970. The zero-order chi connectivity index (χ0) is 14.4. The number of benzene rings is 1. The van der Waals surface area contributed by atoms with Gasteiger partial charge in [-0.2, -0.15) is 0 Å². The van der Waals surface area contributed by atoms with Gasteiger partial charge in [-0.25, -0.2) is 4.39 Å². The summed E-state index contributed by atoms with van der Waals surface area (Å²) in [5, 5.41) is 0. The van der Waals surface area contributed by atoms with Crippen molar-refractivity contribution in [2.24, 2.45) is 11.7 Å². The van der Waals surface area contributed by atoms with E-state index in [2.05, 4.69) is 16.7 Å². The minimum atomic E-state index is -0.161. The van der Waals surface area contributed by atoms with E-state index in [4.69, 9.17) is 5.73 Å². The molecule has 1 aromatic carbocycles. The number of rotatable bonds is 5. The first-order valence-corrected chi connectivity index (χ1v) is 7.56. The highest BCUT2D eigenvalue weighted by Gasteiger charge is 2.16. The van der Waals surface area contributed by atoms with E-state index < -0.39 is 0 Å². The largest absolute Gasteiger partial charge is 0.330 e. The van der Waals surface area contributed by atoms with E-state index in [-0.39, 0.29) is 5.82 Å². The molecule has 20 heavy (non-hydrogen) atoms. The lowest BCUT2D eigenvalue weighted by atomic mass is 10.1. The highest BCUT2D eigenvalue weighted by atomic mass is 19.1. The third-order valence-electron chi connectivity index (χ3n) is 3.97. The minimum Gasteiger partial charge on any atom is -0.330 e. The van der Waals surface area contributed by atoms with Gasteiger partial charge in [0.1, 0.15) is 5.82 Å². The van der Waals surface area contributed by atoms with E-state index >= 15 is 0 Å². The zero-order valence-electron chi connectivity index (χ0n) is 12.4. The van der Waals surface area contributed by atoms with Crippen molar-refractivity contribution in [3.05, 3.63) is 35.6 Å². The third kappa shape index (κ3) is 4.85. The normalized spacial score (nSPS) is 19.8. The van der Waals surface area contributed by atoms with Crippen LogP contribution in [0.15, 0.2) is 24.3 Å². The molecule has 3 nitrogen and oxygen atoms in total. The summed E-state index contributed by atoms with van der Waals surface area (Å²) in [5.41, 5.74) is 6.89. The second kappa shape index (κ2) is 7.72. The highest BCUT2D eigenvalue weighted by molar-refractivity contribution is 5.15. The maximum Gasteiger partial charge on any atom is 0.123 e. The molecule has 1 unspecified atom stereocenters. The van der Waals surface area contributed by atoms with Crippen LogP contribution in [0.25, 0.3) is 0 Å². The standard InChI is InChI=1S/C16H26FN3/c1-14(11-18)12-19-7-2-8-20(10-9-19)13-15-3-5-16(17)6-4-15/h3-6,14H,2,7-13,18H2,1H3. The summed E-state index contributed by atoms with van der Waals surface area (Å²) in [5.74, 6) is 0.408. The Labute approximate surface area is 121 Å². The first-order chi connectivity index (χ1) is 9.67. The van der Waals surface area contributed by atoms with Gasteiger partial charge in [0.2, 0.25) is 0 Å². The lowest BCUT2D eigenvalue weighted by Crippen LogP contribution is -2.35. The molecular weight excluding hydrogens is 253 g/mol. The highest BCUT2D eigenvalue weighted by Crippen LogP contribution is 2.11. The summed E-state index contributed by atoms with van der Waals surface area (Å²) >= 11 is 0. The molecule has 1 fully saturated rings. The monoisotopic (exact) mass is 279 g/mol. The van der Waals surface area contributed by atoms with E-state index in [0.717, 1.165) is 45.8 Å². The van der Waals surface area contributed by atoms with Gasteiger partial charge in [0.05, 0.1) is 0 Å². The van der Waals surface area contributed by atoms with Crippen molar-refractivity contribution in [2.45, 2.75) is 19.9 Å². The predicted octanol–water partition coefficient (Wildman–Crippen LogP) is 1.93. The zero-order valence-corrected chi connectivity index (χ0v) is 12.4. The van der Waals surface area contributed by atoms with Crippen molar-refractivity contribution < 1.29 is 4.39 Å². The molecule has 1 saturated heterocycles. The topological polar surface area (TPSA) is 32.5 Å². The van der Waals surface area contributed by atoms with Crippen LogP contribution in [-0.4, -0.2) is 49.1 Å². The van der Waals surface area contributed by atoms with Gasteiger partial charge in [-0.05, 0) is 49.7 Å². The summed E-state index contributed by atoms with van der Waals surface area (Å²) in [7, 11) is 0. The fraction of sp³-hybridized carbons (Fsp3) is 0.625. The molecule has 0 amide bonds. The van der Waals surface area contributed by atoms with Crippen LogP contribution in [0.2, 0.25) is 0 Å². The van der Waals surface area contributed by atoms with Crippen LogP contribution in [0, 0.1) is 11.7 Å². The Morgan fingerprint density at radius 3 is 2.45 bits per heavy atom. The smallest absolute Gasteiger partial charge is 0.123 e. The number of hydrogen-bond acceptors (Lipinski definition) is 3. The average molecular weight is 279 g/mol. The quantitative estimate of drug-likeness (QED) is 0.894. The van der Waals surface area contributed by atoms with Gasteiger partial charge in [-0.15, -0.1) is 0 Å². The average Bonchev–Trinajstić information content (AvgIpc) is 2.67. The molecule has 0 bridgehead atoms. The molecule has 0 radical (unpaired) electrons. The van der Waals surface area contributed by atoms with E-state index in [1.54, 1.807) is 12.1 Å². The second-order valence-corrected chi connectivity index (χ2v) is 5.90. The second-order valence-electron chi connectivity index (χ2n) is 5.90. The Kier molecular flexibility index (Phi) is 5.95. The molecule has 112 valence electrons. The molecule has 2 rings (SSSR count). The van der Waals surface area contributed by atoms with Crippen LogP contribution in [0.3, 0.4) is 0 Å². The minimum absolute atomic E-state index is 0.161. The fourth-order valence-corrected chi connectivity index (χ4v) is 2.73. The van der Waals surface area contributed by atoms with Crippen LogP contribution in [0.5, 0.6) is 0 Å². The third-order valence-corrected chi connectivity index (χ3v) is 3.97. The summed E-state index contributed by atoms with van der Waals surface area (Å²) in [6, 6.07) is 6.85. The van der Waals surface area contributed by atoms with Gasteiger partial charge in [-0.1, -0.05) is 19.1 Å². The molecule has 0 spiro atoms. The van der Waals surface area contributed by atoms with Crippen molar-refractivity contribution in [1.82, 2.24) is 9.80 Å².